The molecular weight excluding hydrogens is 354 g/mol. The van der Waals surface area contributed by atoms with Gasteiger partial charge in [-0.25, -0.2) is 0 Å². The largest absolute Gasteiger partial charge is 0.495 e. The fraction of sp³-hybridized carbons (Fsp3) is 0.263. The van der Waals surface area contributed by atoms with Crippen LogP contribution in [0.25, 0.3) is 0 Å². The number of nitrogens with one attached hydrogen (secondary N) is 2. The Bertz CT molecular complexity index is 774. The third-order valence-corrected chi connectivity index (χ3v) is 4.10. The van der Waals surface area contributed by atoms with E-state index in [0.717, 1.165) is 18.8 Å². The molecule has 0 heterocycles. The maximum absolute atomic E-state index is 12.1. The van der Waals surface area contributed by atoms with E-state index in [2.05, 4.69) is 29.4 Å². The molecule has 0 radical (unpaired) electrons. The van der Waals surface area contributed by atoms with Crippen molar-refractivity contribution in [3.8, 4) is 5.75 Å². The van der Waals surface area contributed by atoms with E-state index in [1.807, 2.05) is 12.1 Å². The van der Waals surface area contributed by atoms with E-state index in [0.29, 0.717) is 22.1 Å². The van der Waals surface area contributed by atoms with E-state index in [9.17, 15) is 9.59 Å². The van der Waals surface area contributed by atoms with Gasteiger partial charge in [0.2, 0.25) is 0 Å². The summed E-state index contributed by atoms with van der Waals surface area (Å²) < 4.78 is 5.15. The number of methoxy groups -OCH3 is 1. The molecule has 26 heavy (non-hydrogen) atoms. The van der Waals surface area contributed by atoms with Crippen LogP contribution < -0.4 is 20.3 Å². The standard InChI is InChI=1S/C19H22ClN3O3/c1-4-23(5-2)15-9-7-14(8-10-15)21-18(24)19(25)22-16-12-13(20)6-11-17(16)26-3/h6-12H,4-5H2,1-3H3,(H,21,24)(H,22,25). The third-order valence-electron chi connectivity index (χ3n) is 3.87. The average molecular weight is 376 g/mol. The Hall–Kier alpha value is -2.73. The van der Waals surface area contributed by atoms with Gasteiger partial charge in [-0.05, 0) is 56.3 Å². The molecule has 0 aromatic heterocycles. The molecule has 0 bridgehead atoms. The van der Waals surface area contributed by atoms with Gasteiger partial charge < -0.3 is 20.3 Å². The van der Waals surface area contributed by atoms with Gasteiger partial charge in [0.25, 0.3) is 0 Å². The van der Waals surface area contributed by atoms with Crippen molar-refractivity contribution in [2.24, 2.45) is 0 Å². The summed E-state index contributed by atoms with van der Waals surface area (Å²) in [6, 6.07) is 12.1. The summed E-state index contributed by atoms with van der Waals surface area (Å²) >= 11 is 5.92. The second kappa shape index (κ2) is 9.10. The van der Waals surface area contributed by atoms with Crippen LogP contribution in [0.15, 0.2) is 42.5 Å². The maximum atomic E-state index is 12.1. The summed E-state index contributed by atoms with van der Waals surface area (Å²) in [5.41, 5.74) is 1.93. The van der Waals surface area contributed by atoms with E-state index < -0.39 is 11.8 Å². The van der Waals surface area contributed by atoms with E-state index in [1.165, 1.54) is 13.2 Å². The molecule has 0 aliphatic heterocycles. The number of nitrogens with zero attached hydrogens (tertiary/aromatic N) is 1. The van der Waals surface area contributed by atoms with Crippen molar-refractivity contribution in [3.63, 3.8) is 0 Å². The predicted molar refractivity (Wildman–Crippen MR) is 105 cm³/mol. The molecule has 2 rings (SSSR count). The molecule has 0 atom stereocenters. The lowest BCUT2D eigenvalue weighted by Crippen LogP contribution is -2.29. The van der Waals surface area contributed by atoms with Crippen LogP contribution in [0.5, 0.6) is 5.75 Å². The molecule has 0 spiro atoms. The van der Waals surface area contributed by atoms with Crippen molar-refractivity contribution in [2.45, 2.75) is 13.8 Å². The van der Waals surface area contributed by atoms with Crippen molar-refractivity contribution in [1.29, 1.82) is 0 Å². The highest BCUT2D eigenvalue weighted by molar-refractivity contribution is 6.44. The first-order valence-corrected chi connectivity index (χ1v) is 8.67. The molecule has 0 saturated heterocycles. The first kappa shape index (κ1) is 19.6. The van der Waals surface area contributed by atoms with Gasteiger partial charge in [-0.1, -0.05) is 11.6 Å². The molecule has 2 aromatic carbocycles. The predicted octanol–water partition coefficient (Wildman–Crippen LogP) is 3.77. The van der Waals surface area contributed by atoms with Crippen molar-refractivity contribution in [2.75, 3.05) is 35.7 Å². The number of carbonyl (C=O) groups is 2. The summed E-state index contributed by atoms with van der Waals surface area (Å²) in [5, 5.41) is 5.50. The number of halogens is 1. The number of ether oxygens (including phenoxy) is 1. The van der Waals surface area contributed by atoms with Crippen LogP contribution in [0.1, 0.15) is 13.8 Å². The second-order valence-corrected chi connectivity index (χ2v) is 5.91. The normalized spacial score (nSPS) is 10.2. The van der Waals surface area contributed by atoms with Crippen LogP contribution in [-0.4, -0.2) is 32.0 Å². The lowest BCUT2D eigenvalue weighted by Gasteiger charge is -2.21. The van der Waals surface area contributed by atoms with Crippen molar-refractivity contribution < 1.29 is 14.3 Å². The highest BCUT2D eigenvalue weighted by Gasteiger charge is 2.16. The first-order chi connectivity index (χ1) is 12.5. The molecule has 2 aromatic rings. The highest BCUT2D eigenvalue weighted by atomic mass is 35.5. The van der Waals surface area contributed by atoms with Gasteiger partial charge in [-0.15, -0.1) is 0 Å². The summed E-state index contributed by atoms with van der Waals surface area (Å²) in [6.45, 7) is 5.94. The van der Waals surface area contributed by atoms with Crippen molar-refractivity contribution in [3.05, 3.63) is 47.5 Å². The molecule has 7 heteroatoms. The smallest absolute Gasteiger partial charge is 0.314 e. The fourth-order valence-corrected chi connectivity index (χ4v) is 2.66. The van der Waals surface area contributed by atoms with Gasteiger partial charge in [-0.2, -0.15) is 0 Å². The first-order valence-electron chi connectivity index (χ1n) is 8.29. The summed E-state index contributed by atoms with van der Waals surface area (Å²) in [5.74, 6) is -1.17. The highest BCUT2D eigenvalue weighted by Crippen LogP contribution is 2.27. The zero-order chi connectivity index (χ0) is 19.1. The monoisotopic (exact) mass is 375 g/mol. The summed E-state index contributed by atoms with van der Waals surface area (Å²) in [6.07, 6.45) is 0. The summed E-state index contributed by atoms with van der Waals surface area (Å²) in [4.78, 5) is 26.4. The molecule has 0 fully saturated rings. The van der Waals surface area contributed by atoms with Crippen LogP contribution >= 0.6 is 11.6 Å². The van der Waals surface area contributed by atoms with E-state index in [-0.39, 0.29) is 0 Å². The number of hydrogen-bond donors (Lipinski definition) is 2. The topological polar surface area (TPSA) is 70.7 Å². The lowest BCUT2D eigenvalue weighted by molar-refractivity contribution is -0.133. The molecule has 6 nitrogen and oxygen atoms in total. The van der Waals surface area contributed by atoms with Crippen LogP contribution in [0, 0.1) is 0 Å². The third kappa shape index (κ3) is 4.89. The quantitative estimate of drug-likeness (QED) is 0.754. The maximum Gasteiger partial charge on any atom is 0.314 e. The molecular formula is C19H22ClN3O3. The van der Waals surface area contributed by atoms with Gasteiger partial charge in [0.15, 0.2) is 0 Å². The zero-order valence-electron chi connectivity index (χ0n) is 15.0. The Morgan fingerprint density at radius 1 is 1.00 bits per heavy atom. The van der Waals surface area contributed by atoms with Gasteiger partial charge in [0, 0.05) is 29.5 Å². The minimum absolute atomic E-state index is 0.331. The Balaban J connectivity index is 2.03. The van der Waals surface area contributed by atoms with Crippen LogP contribution in [-0.2, 0) is 9.59 Å². The fourth-order valence-electron chi connectivity index (χ4n) is 2.49. The number of carbonyl (C=O) groups excluding carboxylic acids is 2. The molecule has 0 aliphatic carbocycles. The molecule has 2 N–H and O–H groups in total. The van der Waals surface area contributed by atoms with Gasteiger partial charge in [0.1, 0.15) is 5.75 Å². The van der Waals surface area contributed by atoms with Gasteiger partial charge in [-0.3, -0.25) is 9.59 Å². The number of anilines is 3. The van der Waals surface area contributed by atoms with E-state index in [1.54, 1.807) is 24.3 Å². The molecule has 2 amide bonds. The lowest BCUT2D eigenvalue weighted by atomic mass is 10.2. The Labute approximate surface area is 158 Å². The van der Waals surface area contributed by atoms with Crippen LogP contribution in [0.3, 0.4) is 0 Å². The zero-order valence-corrected chi connectivity index (χ0v) is 15.8. The average Bonchev–Trinajstić information content (AvgIpc) is 2.64. The molecule has 0 aliphatic rings. The van der Waals surface area contributed by atoms with E-state index in [4.69, 9.17) is 16.3 Å². The SMILES string of the molecule is CCN(CC)c1ccc(NC(=O)C(=O)Nc2cc(Cl)ccc2OC)cc1. The molecule has 0 saturated carbocycles. The van der Waals surface area contributed by atoms with Gasteiger partial charge >= 0.3 is 11.8 Å². The Morgan fingerprint density at radius 3 is 2.19 bits per heavy atom. The second-order valence-electron chi connectivity index (χ2n) is 5.47. The number of amides is 2. The number of benzene rings is 2. The van der Waals surface area contributed by atoms with Crippen LogP contribution in [0.4, 0.5) is 17.1 Å². The minimum Gasteiger partial charge on any atom is -0.495 e. The van der Waals surface area contributed by atoms with Crippen molar-refractivity contribution >= 4 is 40.5 Å². The van der Waals surface area contributed by atoms with Gasteiger partial charge in [0.05, 0.1) is 12.8 Å². The minimum atomic E-state index is -0.807. The van der Waals surface area contributed by atoms with Crippen molar-refractivity contribution in [1.82, 2.24) is 0 Å². The Kier molecular flexibility index (Phi) is 6.86. The Morgan fingerprint density at radius 2 is 1.62 bits per heavy atom. The number of hydrogen-bond acceptors (Lipinski definition) is 4. The molecule has 138 valence electrons. The summed E-state index contributed by atoms with van der Waals surface area (Å²) in [7, 11) is 1.47. The van der Waals surface area contributed by atoms with E-state index >= 15 is 0 Å². The van der Waals surface area contributed by atoms with Crippen LogP contribution in [0.2, 0.25) is 5.02 Å². The molecule has 0 unspecified atom stereocenters. The number of rotatable bonds is 6.